The van der Waals surface area contributed by atoms with Crippen LogP contribution in [0.2, 0.25) is 0 Å². The third-order valence-corrected chi connectivity index (χ3v) is 7.07. The van der Waals surface area contributed by atoms with Crippen LogP contribution < -0.4 is 0 Å². The lowest BCUT2D eigenvalue weighted by atomic mass is 9.69. The number of nitrogens with zero attached hydrogens (tertiary/aromatic N) is 1. The zero-order valence-electron chi connectivity index (χ0n) is 18.8. The maximum atomic E-state index is 13.6. The minimum Gasteiger partial charge on any atom is -0.370 e. The summed E-state index contributed by atoms with van der Waals surface area (Å²) in [5, 5.41) is 0. The number of fused-ring (bicyclic) bond motifs is 1. The van der Waals surface area contributed by atoms with Gasteiger partial charge in [-0.15, -0.1) is 0 Å². The van der Waals surface area contributed by atoms with Crippen molar-refractivity contribution in [3.63, 3.8) is 0 Å². The minimum atomic E-state index is -4.92. The molecule has 9 heteroatoms. The Bertz CT molecular complexity index is 970. The van der Waals surface area contributed by atoms with Gasteiger partial charge >= 0.3 is 12.4 Å². The van der Waals surface area contributed by atoms with E-state index >= 15 is 0 Å². The second kappa shape index (κ2) is 9.15. The van der Waals surface area contributed by atoms with E-state index in [1.54, 1.807) is 12.1 Å². The summed E-state index contributed by atoms with van der Waals surface area (Å²) in [4.78, 5) is 2.21. The predicted molar refractivity (Wildman–Crippen MR) is 113 cm³/mol. The molecular formula is C25H26F7NO. The number of rotatable bonds is 4. The third kappa shape index (κ3) is 5.25. The third-order valence-electron chi connectivity index (χ3n) is 7.07. The average Bonchev–Trinajstić information content (AvgIpc) is 3.13. The summed E-state index contributed by atoms with van der Waals surface area (Å²) in [6.07, 6.45) is -9.78. The van der Waals surface area contributed by atoms with Crippen LogP contribution in [-0.2, 0) is 17.1 Å². The first-order valence-corrected chi connectivity index (χ1v) is 11.2. The van der Waals surface area contributed by atoms with Gasteiger partial charge in [-0.05, 0) is 80.1 Å². The van der Waals surface area contributed by atoms with E-state index in [1.165, 1.54) is 19.1 Å². The zero-order valence-corrected chi connectivity index (χ0v) is 18.8. The van der Waals surface area contributed by atoms with Crippen molar-refractivity contribution >= 4 is 0 Å². The summed E-state index contributed by atoms with van der Waals surface area (Å²) in [7, 11) is 2.01. The van der Waals surface area contributed by atoms with E-state index in [1.807, 2.05) is 7.05 Å². The van der Waals surface area contributed by atoms with E-state index in [4.69, 9.17) is 4.74 Å². The molecule has 0 bridgehead atoms. The number of benzene rings is 2. The Morgan fingerprint density at radius 1 is 0.882 bits per heavy atom. The normalized spacial score (nSPS) is 27.0. The highest BCUT2D eigenvalue weighted by molar-refractivity contribution is 5.35. The Balaban J connectivity index is 1.65. The van der Waals surface area contributed by atoms with E-state index < -0.39 is 35.7 Å². The van der Waals surface area contributed by atoms with E-state index in [0.717, 1.165) is 37.2 Å². The summed E-state index contributed by atoms with van der Waals surface area (Å²) in [6, 6.07) is 7.67. The first-order chi connectivity index (χ1) is 15.8. The summed E-state index contributed by atoms with van der Waals surface area (Å²) in [6.45, 7) is 3.18. The molecule has 5 atom stereocenters. The first-order valence-electron chi connectivity index (χ1n) is 11.2. The topological polar surface area (TPSA) is 12.5 Å². The van der Waals surface area contributed by atoms with E-state index in [-0.39, 0.29) is 29.3 Å². The van der Waals surface area contributed by atoms with Crippen LogP contribution in [0, 0.1) is 17.7 Å². The molecule has 1 saturated heterocycles. The quantitative estimate of drug-likeness (QED) is 0.426. The van der Waals surface area contributed by atoms with Gasteiger partial charge in [0.1, 0.15) is 5.82 Å². The van der Waals surface area contributed by atoms with Crippen LogP contribution in [0.25, 0.3) is 0 Å². The molecule has 0 spiro atoms. The van der Waals surface area contributed by atoms with Crippen LogP contribution in [0.4, 0.5) is 30.7 Å². The summed E-state index contributed by atoms with van der Waals surface area (Å²) >= 11 is 0. The fourth-order valence-corrected chi connectivity index (χ4v) is 5.52. The summed E-state index contributed by atoms with van der Waals surface area (Å²) in [5.41, 5.74) is -2.03. The predicted octanol–water partition coefficient (Wildman–Crippen LogP) is 7.06. The Kier molecular flexibility index (Phi) is 6.72. The van der Waals surface area contributed by atoms with E-state index in [9.17, 15) is 30.7 Å². The van der Waals surface area contributed by atoms with Gasteiger partial charge in [0.05, 0.1) is 23.3 Å². The van der Waals surface area contributed by atoms with Gasteiger partial charge in [-0.3, -0.25) is 0 Å². The number of ether oxygens (including phenoxy) is 1. The van der Waals surface area contributed by atoms with Gasteiger partial charge in [-0.1, -0.05) is 12.1 Å². The Morgan fingerprint density at radius 3 is 2.03 bits per heavy atom. The van der Waals surface area contributed by atoms with Gasteiger partial charge in [-0.2, -0.15) is 26.3 Å². The minimum absolute atomic E-state index is 0.122. The van der Waals surface area contributed by atoms with Crippen LogP contribution in [0.5, 0.6) is 0 Å². The number of hydrogen-bond donors (Lipinski definition) is 0. The van der Waals surface area contributed by atoms with Gasteiger partial charge in [0.15, 0.2) is 0 Å². The van der Waals surface area contributed by atoms with Crippen LogP contribution >= 0.6 is 0 Å². The van der Waals surface area contributed by atoms with Gasteiger partial charge in [0.25, 0.3) is 0 Å². The highest BCUT2D eigenvalue weighted by atomic mass is 19.4. The van der Waals surface area contributed by atoms with E-state index in [0.29, 0.717) is 12.3 Å². The lowest BCUT2D eigenvalue weighted by Gasteiger charge is -2.41. The lowest BCUT2D eigenvalue weighted by Crippen LogP contribution is -2.38. The van der Waals surface area contributed by atoms with Gasteiger partial charge in [-0.25, -0.2) is 4.39 Å². The summed E-state index contributed by atoms with van der Waals surface area (Å²) < 4.78 is 99.7. The Morgan fingerprint density at radius 2 is 1.47 bits per heavy atom. The smallest absolute Gasteiger partial charge is 0.370 e. The number of hydrogen-bond acceptors (Lipinski definition) is 2. The molecule has 1 heterocycles. The Labute approximate surface area is 193 Å². The second-order valence-corrected chi connectivity index (χ2v) is 9.46. The molecule has 1 saturated carbocycles. The largest absolute Gasteiger partial charge is 0.416 e. The molecule has 2 nitrogen and oxygen atoms in total. The fourth-order valence-electron chi connectivity index (χ4n) is 5.52. The summed E-state index contributed by atoms with van der Waals surface area (Å²) in [5.74, 6) is 0.0861. The highest BCUT2D eigenvalue weighted by Gasteiger charge is 2.45. The second-order valence-electron chi connectivity index (χ2n) is 9.46. The molecule has 2 aliphatic rings. The van der Waals surface area contributed by atoms with Gasteiger partial charge in [0, 0.05) is 19.0 Å². The van der Waals surface area contributed by atoms with Crippen LogP contribution in [0.15, 0.2) is 42.5 Å². The maximum absolute atomic E-state index is 13.6. The van der Waals surface area contributed by atoms with Gasteiger partial charge < -0.3 is 9.64 Å². The molecule has 2 unspecified atom stereocenters. The molecule has 186 valence electrons. The maximum Gasteiger partial charge on any atom is 0.416 e. The van der Waals surface area contributed by atoms with Crippen molar-refractivity contribution in [3.8, 4) is 0 Å². The number of halogens is 7. The molecule has 0 amide bonds. The monoisotopic (exact) mass is 489 g/mol. The van der Waals surface area contributed by atoms with Crippen molar-refractivity contribution in [1.29, 1.82) is 0 Å². The molecule has 0 N–H and O–H groups in total. The lowest BCUT2D eigenvalue weighted by molar-refractivity contribution is -0.143. The van der Waals surface area contributed by atoms with Crippen molar-refractivity contribution < 1.29 is 35.5 Å². The van der Waals surface area contributed by atoms with Crippen molar-refractivity contribution in [3.05, 3.63) is 70.5 Å². The highest BCUT2D eigenvalue weighted by Crippen LogP contribution is 2.48. The molecule has 34 heavy (non-hydrogen) atoms. The van der Waals surface area contributed by atoms with E-state index in [2.05, 4.69) is 4.90 Å². The molecule has 4 rings (SSSR count). The van der Waals surface area contributed by atoms with Gasteiger partial charge in [0.2, 0.25) is 0 Å². The molecule has 2 aromatic carbocycles. The molecule has 2 aromatic rings. The standard InChI is InChI=1S/C25H26F7NO/c1-14(17-9-18(24(27,28)29)11-19(10-17)25(30,31)32)34-22-8-5-16-12-33(2)13-21(16)23(22)15-3-6-20(26)7-4-15/h3-4,6-7,9-11,14,16,21-23H,5,8,12-13H2,1-2H3/t14-,16?,21?,22+,23+/m1/s1. The average molecular weight is 489 g/mol. The molecule has 1 aliphatic carbocycles. The fraction of sp³-hybridized carbons (Fsp3) is 0.520. The van der Waals surface area contributed by atoms with Crippen molar-refractivity contribution in [2.75, 3.05) is 20.1 Å². The molecule has 1 aliphatic heterocycles. The van der Waals surface area contributed by atoms with Crippen molar-refractivity contribution in [1.82, 2.24) is 4.90 Å². The van der Waals surface area contributed by atoms with Crippen LogP contribution in [-0.4, -0.2) is 31.1 Å². The first kappa shape index (κ1) is 25.0. The Hall–Kier alpha value is -2.13. The molecule has 0 radical (unpaired) electrons. The molecule has 2 fully saturated rings. The van der Waals surface area contributed by atoms with Crippen molar-refractivity contribution in [2.24, 2.45) is 11.8 Å². The van der Waals surface area contributed by atoms with Crippen LogP contribution in [0.3, 0.4) is 0 Å². The molecular weight excluding hydrogens is 463 g/mol. The molecule has 0 aromatic heterocycles. The van der Waals surface area contributed by atoms with Crippen LogP contribution in [0.1, 0.15) is 54.0 Å². The SMILES string of the molecule is C[C@@H](O[C@H]1CCC2CN(C)CC2[C@@H]1c1ccc(F)cc1)c1cc(C(F)(F)F)cc(C(F)(F)F)c1. The number of alkyl halides is 6. The zero-order chi connectivity index (χ0) is 24.8. The van der Waals surface area contributed by atoms with Crippen molar-refractivity contribution in [2.45, 2.75) is 50.2 Å². The number of likely N-dealkylation sites (tertiary alicyclic amines) is 1.